The Morgan fingerprint density at radius 1 is 0.750 bits per heavy atom. The molecule has 1 aromatic heterocycles. The van der Waals surface area contributed by atoms with E-state index < -0.39 is 5.41 Å². The number of rotatable bonds is 5. The normalized spacial score (nSPS) is 10.9. The highest BCUT2D eigenvalue weighted by Gasteiger charge is 2.23. The van der Waals surface area contributed by atoms with Crippen molar-refractivity contribution in [2.45, 2.75) is 27.7 Å². The van der Waals surface area contributed by atoms with Gasteiger partial charge in [-0.05, 0) is 55.0 Å². The Hall–Kier alpha value is -3.65. The lowest BCUT2D eigenvalue weighted by molar-refractivity contribution is -0.123. The van der Waals surface area contributed by atoms with Gasteiger partial charge in [-0.3, -0.25) is 9.59 Å². The summed E-state index contributed by atoms with van der Waals surface area (Å²) in [4.78, 5) is 37.5. The van der Waals surface area contributed by atoms with Gasteiger partial charge in [-0.25, -0.2) is 4.79 Å². The fourth-order valence-electron chi connectivity index (χ4n) is 2.71. The highest BCUT2D eigenvalue weighted by molar-refractivity contribution is 7.18. The van der Waals surface area contributed by atoms with Crippen molar-refractivity contribution in [3.8, 4) is 0 Å². The van der Waals surface area contributed by atoms with Crippen LogP contribution in [-0.2, 0) is 4.79 Å². The monoisotopic (exact) mass is 450 g/mol. The molecule has 0 saturated heterocycles. The molecule has 3 aromatic rings. The van der Waals surface area contributed by atoms with Crippen LogP contribution in [0.1, 0.15) is 36.0 Å². The first-order valence-corrected chi connectivity index (χ1v) is 10.9. The molecule has 3 rings (SSSR count). The van der Waals surface area contributed by atoms with E-state index in [0.717, 1.165) is 5.56 Å². The summed E-state index contributed by atoms with van der Waals surface area (Å²) in [6, 6.07) is 17.4. The summed E-state index contributed by atoms with van der Waals surface area (Å²) in [7, 11) is 0. The van der Waals surface area contributed by atoms with Gasteiger partial charge in [0, 0.05) is 22.5 Å². The molecule has 0 aliphatic carbocycles. The van der Waals surface area contributed by atoms with Crippen LogP contribution in [0.5, 0.6) is 0 Å². The van der Waals surface area contributed by atoms with Crippen LogP contribution in [0.4, 0.5) is 26.9 Å². The van der Waals surface area contributed by atoms with Gasteiger partial charge in [0.25, 0.3) is 5.91 Å². The SMILES string of the molecule is Cc1cc(NC(=O)C(C)(C)C)sc1C(=O)Nc1ccc(NC(=O)Nc2ccccc2)cc1. The number of urea groups is 1. The average Bonchev–Trinajstić information content (AvgIpc) is 3.09. The number of aryl methyl sites for hydroxylation is 1. The van der Waals surface area contributed by atoms with E-state index in [0.29, 0.717) is 26.9 Å². The molecule has 0 saturated carbocycles. The van der Waals surface area contributed by atoms with E-state index in [2.05, 4.69) is 21.3 Å². The summed E-state index contributed by atoms with van der Waals surface area (Å²) in [5, 5.41) is 11.8. The van der Waals surface area contributed by atoms with Gasteiger partial charge in [-0.15, -0.1) is 11.3 Å². The predicted molar refractivity (Wildman–Crippen MR) is 131 cm³/mol. The maximum Gasteiger partial charge on any atom is 0.323 e. The minimum Gasteiger partial charge on any atom is -0.321 e. The van der Waals surface area contributed by atoms with E-state index in [4.69, 9.17) is 0 Å². The number of anilines is 4. The molecule has 0 aliphatic rings. The second kappa shape index (κ2) is 9.65. The molecule has 7 nitrogen and oxygen atoms in total. The van der Waals surface area contributed by atoms with E-state index in [9.17, 15) is 14.4 Å². The predicted octanol–water partition coefficient (Wildman–Crippen LogP) is 5.94. The van der Waals surface area contributed by atoms with Gasteiger partial charge in [0.1, 0.15) is 0 Å². The smallest absolute Gasteiger partial charge is 0.321 e. The minimum absolute atomic E-state index is 0.106. The molecule has 2 aromatic carbocycles. The fraction of sp³-hybridized carbons (Fsp3) is 0.208. The molecule has 0 atom stereocenters. The summed E-state index contributed by atoms with van der Waals surface area (Å²) in [5.74, 6) is -0.364. The number of carbonyl (C=O) groups is 3. The molecule has 0 radical (unpaired) electrons. The van der Waals surface area contributed by atoms with Gasteiger partial charge in [-0.2, -0.15) is 0 Å². The third kappa shape index (κ3) is 6.18. The lowest BCUT2D eigenvalue weighted by Crippen LogP contribution is -2.27. The van der Waals surface area contributed by atoms with Crippen molar-refractivity contribution in [2.24, 2.45) is 5.41 Å². The molecule has 0 spiro atoms. The molecule has 0 aliphatic heterocycles. The lowest BCUT2D eigenvalue weighted by Gasteiger charge is -2.16. The van der Waals surface area contributed by atoms with Crippen molar-refractivity contribution < 1.29 is 14.4 Å². The summed E-state index contributed by atoms with van der Waals surface area (Å²) in [5.41, 5.74) is 2.15. The molecule has 0 unspecified atom stereocenters. The van der Waals surface area contributed by atoms with Crippen LogP contribution in [0.15, 0.2) is 60.7 Å². The molecule has 8 heteroatoms. The third-order valence-electron chi connectivity index (χ3n) is 4.47. The fourth-order valence-corrected chi connectivity index (χ4v) is 3.67. The van der Waals surface area contributed by atoms with Crippen molar-refractivity contribution >= 4 is 51.2 Å². The second-order valence-electron chi connectivity index (χ2n) is 8.30. The maximum absolute atomic E-state index is 12.7. The molecule has 166 valence electrons. The van der Waals surface area contributed by atoms with Crippen LogP contribution < -0.4 is 21.3 Å². The molecule has 1 heterocycles. The first-order chi connectivity index (χ1) is 15.1. The number of para-hydroxylation sites is 1. The number of carbonyl (C=O) groups excluding carboxylic acids is 3. The quantitative estimate of drug-likeness (QED) is 0.387. The van der Waals surface area contributed by atoms with Gasteiger partial charge >= 0.3 is 6.03 Å². The zero-order chi connectivity index (χ0) is 23.3. The molecule has 0 fully saturated rings. The van der Waals surface area contributed by atoms with Gasteiger partial charge in [-0.1, -0.05) is 39.0 Å². The van der Waals surface area contributed by atoms with E-state index in [1.807, 2.05) is 45.9 Å². The first-order valence-electron chi connectivity index (χ1n) is 10.1. The van der Waals surface area contributed by atoms with Gasteiger partial charge in [0.05, 0.1) is 9.88 Å². The number of benzene rings is 2. The van der Waals surface area contributed by atoms with Crippen LogP contribution in [0, 0.1) is 12.3 Å². The molecule has 4 N–H and O–H groups in total. The van der Waals surface area contributed by atoms with E-state index in [1.165, 1.54) is 11.3 Å². The Labute approximate surface area is 191 Å². The van der Waals surface area contributed by atoms with Crippen LogP contribution >= 0.6 is 11.3 Å². The van der Waals surface area contributed by atoms with Crippen molar-refractivity contribution in [1.29, 1.82) is 0 Å². The van der Waals surface area contributed by atoms with Gasteiger partial charge in [0.15, 0.2) is 0 Å². The topological polar surface area (TPSA) is 99.3 Å². The molecular weight excluding hydrogens is 424 g/mol. The zero-order valence-electron chi connectivity index (χ0n) is 18.4. The van der Waals surface area contributed by atoms with Gasteiger partial charge < -0.3 is 21.3 Å². The second-order valence-corrected chi connectivity index (χ2v) is 9.36. The number of hydrogen-bond acceptors (Lipinski definition) is 4. The molecule has 4 amide bonds. The van der Waals surface area contributed by atoms with Crippen molar-refractivity contribution in [3.05, 3.63) is 71.1 Å². The Morgan fingerprint density at radius 2 is 1.28 bits per heavy atom. The Kier molecular flexibility index (Phi) is 6.95. The van der Waals surface area contributed by atoms with Crippen LogP contribution in [0.3, 0.4) is 0 Å². The van der Waals surface area contributed by atoms with Crippen LogP contribution in [-0.4, -0.2) is 17.8 Å². The highest BCUT2D eigenvalue weighted by Crippen LogP contribution is 2.29. The van der Waals surface area contributed by atoms with Gasteiger partial charge in [0.2, 0.25) is 5.91 Å². The summed E-state index contributed by atoms with van der Waals surface area (Å²) in [6.07, 6.45) is 0. The minimum atomic E-state index is -0.520. The Balaban J connectivity index is 1.59. The van der Waals surface area contributed by atoms with Crippen LogP contribution in [0.25, 0.3) is 0 Å². The Morgan fingerprint density at radius 3 is 1.84 bits per heavy atom. The third-order valence-corrected chi connectivity index (χ3v) is 5.63. The first kappa shape index (κ1) is 23.0. The summed E-state index contributed by atoms with van der Waals surface area (Å²) in [6.45, 7) is 7.33. The van der Waals surface area contributed by atoms with Crippen molar-refractivity contribution in [2.75, 3.05) is 21.3 Å². The summed E-state index contributed by atoms with van der Waals surface area (Å²) < 4.78 is 0. The molecule has 0 bridgehead atoms. The number of amides is 4. The van der Waals surface area contributed by atoms with Crippen LogP contribution in [0.2, 0.25) is 0 Å². The zero-order valence-corrected chi connectivity index (χ0v) is 19.2. The lowest BCUT2D eigenvalue weighted by atomic mass is 9.96. The largest absolute Gasteiger partial charge is 0.323 e. The van der Waals surface area contributed by atoms with E-state index in [1.54, 1.807) is 42.5 Å². The highest BCUT2D eigenvalue weighted by atomic mass is 32.1. The molecular formula is C24H26N4O3S. The van der Waals surface area contributed by atoms with E-state index in [-0.39, 0.29) is 17.8 Å². The van der Waals surface area contributed by atoms with E-state index >= 15 is 0 Å². The summed E-state index contributed by atoms with van der Waals surface area (Å²) >= 11 is 1.23. The number of nitrogens with one attached hydrogen (secondary N) is 4. The standard InChI is InChI=1S/C24H26N4O3S/c1-15-14-19(28-22(30)24(2,3)4)32-20(15)21(29)25-17-10-12-18(13-11-17)27-23(31)26-16-8-6-5-7-9-16/h5-14H,1-4H3,(H,25,29)(H,28,30)(H2,26,27,31). The number of hydrogen-bond donors (Lipinski definition) is 4. The maximum atomic E-state index is 12.7. The number of thiophene rings is 1. The van der Waals surface area contributed by atoms with Crippen molar-refractivity contribution in [3.63, 3.8) is 0 Å². The van der Waals surface area contributed by atoms with Crippen molar-refractivity contribution in [1.82, 2.24) is 0 Å². The average molecular weight is 451 g/mol. The molecule has 32 heavy (non-hydrogen) atoms. The Bertz CT molecular complexity index is 1120.